The van der Waals surface area contributed by atoms with Gasteiger partial charge in [-0.3, -0.25) is 4.79 Å². The summed E-state index contributed by atoms with van der Waals surface area (Å²) in [7, 11) is 0. The van der Waals surface area contributed by atoms with Crippen molar-refractivity contribution in [1.29, 1.82) is 0 Å². The smallest absolute Gasteiger partial charge is 0.319 e. The number of carbonyl (C=O) groups is 1. The fourth-order valence-corrected chi connectivity index (χ4v) is 3.01. The molecule has 0 radical (unpaired) electrons. The first-order chi connectivity index (χ1) is 6.53. The maximum atomic E-state index is 11.0. The van der Waals surface area contributed by atoms with Crippen LogP contribution in [-0.4, -0.2) is 16.3 Å². The van der Waals surface area contributed by atoms with Gasteiger partial charge in [0.2, 0.25) is 0 Å². The Kier molecular flexibility index (Phi) is 2.05. The van der Waals surface area contributed by atoms with E-state index in [4.69, 9.17) is 10.8 Å². The highest BCUT2D eigenvalue weighted by Gasteiger charge is 2.45. The van der Waals surface area contributed by atoms with Crippen LogP contribution in [0.4, 0.5) is 0 Å². The van der Waals surface area contributed by atoms with Crippen molar-refractivity contribution < 1.29 is 9.90 Å². The molecule has 1 aliphatic rings. The average Bonchev–Trinajstić information content (AvgIpc) is 2.39. The van der Waals surface area contributed by atoms with Crippen LogP contribution in [0.1, 0.15) is 12.5 Å². The fourth-order valence-electron chi connectivity index (χ4n) is 1.71. The number of rotatable bonds is 1. The summed E-state index contributed by atoms with van der Waals surface area (Å²) in [5.74, 6) is -0.851. The van der Waals surface area contributed by atoms with Gasteiger partial charge in [0.1, 0.15) is 5.25 Å². The van der Waals surface area contributed by atoms with E-state index in [1.165, 1.54) is 11.8 Å². The van der Waals surface area contributed by atoms with Crippen LogP contribution in [0.25, 0.3) is 0 Å². The first kappa shape index (κ1) is 9.55. The van der Waals surface area contributed by atoms with Crippen molar-refractivity contribution in [2.45, 2.75) is 22.6 Å². The van der Waals surface area contributed by atoms with Gasteiger partial charge >= 0.3 is 5.97 Å². The zero-order valence-corrected chi connectivity index (χ0v) is 8.54. The average molecular weight is 209 g/mol. The van der Waals surface area contributed by atoms with E-state index in [0.29, 0.717) is 0 Å². The molecule has 2 unspecified atom stereocenters. The molecular weight excluding hydrogens is 198 g/mol. The molecule has 0 saturated carbocycles. The van der Waals surface area contributed by atoms with E-state index >= 15 is 0 Å². The summed E-state index contributed by atoms with van der Waals surface area (Å²) in [6, 6.07) is 7.58. The highest BCUT2D eigenvalue weighted by molar-refractivity contribution is 8.01. The van der Waals surface area contributed by atoms with Crippen molar-refractivity contribution in [2.75, 3.05) is 0 Å². The van der Waals surface area contributed by atoms with Crippen molar-refractivity contribution in [1.82, 2.24) is 0 Å². The minimum absolute atomic E-state index is 0.583. The van der Waals surface area contributed by atoms with E-state index in [0.717, 1.165) is 10.5 Å². The van der Waals surface area contributed by atoms with Crippen molar-refractivity contribution in [3.63, 3.8) is 0 Å². The highest BCUT2D eigenvalue weighted by Crippen LogP contribution is 2.46. The van der Waals surface area contributed by atoms with Gasteiger partial charge < -0.3 is 10.8 Å². The summed E-state index contributed by atoms with van der Waals surface area (Å²) in [6.07, 6.45) is 0. The number of hydrogen-bond donors (Lipinski definition) is 2. The van der Waals surface area contributed by atoms with Crippen LogP contribution in [0, 0.1) is 0 Å². The molecule has 14 heavy (non-hydrogen) atoms. The Hall–Kier alpha value is -1.00. The monoisotopic (exact) mass is 209 g/mol. The number of thioether (sulfide) groups is 1. The van der Waals surface area contributed by atoms with Gasteiger partial charge in [0.05, 0.1) is 5.54 Å². The van der Waals surface area contributed by atoms with E-state index in [2.05, 4.69) is 0 Å². The number of nitrogens with two attached hydrogens (primary N) is 1. The molecule has 74 valence electrons. The van der Waals surface area contributed by atoms with Crippen LogP contribution in [0.15, 0.2) is 29.2 Å². The molecule has 2 atom stereocenters. The second-order valence-electron chi connectivity index (χ2n) is 3.61. The largest absolute Gasteiger partial charge is 0.480 e. The summed E-state index contributed by atoms with van der Waals surface area (Å²) >= 11 is 1.33. The first-order valence-corrected chi connectivity index (χ1v) is 5.19. The Balaban J connectivity index is 2.50. The number of hydrogen-bond acceptors (Lipinski definition) is 3. The zero-order valence-electron chi connectivity index (χ0n) is 7.73. The maximum absolute atomic E-state index is 11.0. The lowest BCUT2D eigenvalue weighted by molar-refractivity contribution is -0.137. The molecule has 4 heteroatoms. The van der Waals surface area contributed by atoms with Gasteiger partial charge in [-0.25, -0.2) is 0 Å². The number of carboxylic acid groups (broad SMARTS) is 1. The van der Waals surface area contributed by atoms with Crippen molar-refractivity contribution in [3.05, 3.63) is 29.8 Å². The zero-order chi connectivity index (χ0) is 10.3. The topological polar surface area (TPSA) is 63.3 Å². The molecule has 3 N–H and O–H groups in total. The summed E-state index contributed by atoms with van der Waals surface area (Å²) in [6.45, 7) is 1.77. The van der Waals surface area contributed by atoms with Gasteiger partial charge in [0, 0.05) is 4.90 Å². The van der Waals surface area contributed by atoms with E-state index in [-0.39, 0.29) is 0 Å². The van der Waals surface area contributed by atoms with Gasteiger partial charge in [-0.2, -0.15) is 0 Å². The van der Waals surface area contributed by atoms with Gasteiger partial charge in [-0.05, 0) is 18.6 Å². The van der Waals surface area contributed by atoms with Gasteiger partial charge in [-0.15, -0.1) is 11.8 Å². The van der Waals surface area contributed by atoms with Crippen molar-refractivity contribution >= 4 is 17.7 Å². The summed E-state index contributed by atoms with van der Waals surface area (Å²) in [5, 5.41) is 8.44. The number of aliphatic carboxylic acids is 1. The molecule has 0 aliphatic carbocycles. The van der Waals surface area contributed by atoms with Crippen LogP contribution < -0.4 is 5.73 Å². The number of fused-ring (bicyclic) bond motifs is 1. The molecule has 2 rings (SSSR count). The van der Waals surface area contributed by atoms with Crippen LogP contribution in [0.5, 0.6) is 0 Å². The SMILES string of the molecule is CC1(N)c2ccccc2SC1C(=O)O. The van der Waals surface area contributed by atoms with Crippen molar-refractivity contribution in [3.8, 4) is 0 Å². The van der Waals surface area contributed by atoms with Gasteiger partial charge in [0.15, 0.2) is 0 Å². The van der Waals surface area contributed by atoms with Crippen LogP contribution in [0.2, 0.25) is 0 Å². The molecule has 0 spiro atoms. The number of carboxylic acids is 1. The molecule has 0 amide bonds. The van der Waals surface area contributed by atoms with Crippen molar-refractivity contribution in [2.24, 2.45) is 5.73 Å². The molecule has 1 aliphatic heterocycles. The fraction of sp³-hybridized carbons (Fsp3) is 0.300. The second kappa shape index (κ2) is 3.00. The lowest BCUT2D eigenvalue weighted by Crippen LogP contribution is -2.44. The second-order valence-corrected chi connectivity index (χ2v) is 4.76. The van der Waals surface area contributed by atoms with E-state index in [1.54, 1.807) is 6.92 Å². The Labute approximate surface area is 86.3 Å². The van der Waals surface area contributed by atoms with E-state index < -0.39 is 16.8 Å². The summed E-state index contributed by atoms with van der Waals surface area (Å²) < 4.78 is 0. The Morgan fingerprint density at radius 1 is 1.57 bits per heavy atom. The van der Waals surface area contributed by atoms with Crippen LogP contribution in [-0.2, 0) is 10.3 Å². The highest BCUT2D eigenvalue weighted by atomic mass is 32.2. The van der Waals surface area contributed by atoms with Gasteiger partial charge in [0.25, 0.3) is 0 Å². The Morgan fingerprint density at radius 2 is 2.21 bits per heavy atom. The standard InChI is InChI=1S/C10H11NO2S/c1-10(11)6-4-2-3-5-7(6)14-8(10)9(12)13/h2-5,8H,11H2,1H3,(H,12,13). The molecular formula is C10H11NO2S. The molecule has 0 fully saturated rings. The molecule has 0 aromatic heterocycles. The lowest BCUT2D eigenvalue weighted by Gasteiger charge is -2.23. The van der Waals surface area contributed by atoms with E-state index in [9.17, 15) is 4.79 Å². The Bertz CT molecular complexity index is 389. The first-order valence-electron chi connectivity index (χ1n) is 4.31. The quantitative estimate of drug-likeness (QED) is 0.734. The molecule has 1 aromatic rings. The molecule has 0 saturated heterocycles. The predicted molar refractivity (Wildman–Crippen MR) is 55.3 cm³/mol. The molecule has 3 nitrogen and oxygen atoms in total. The third-order valence-electron chi connectivity index (χ3n) is 2.48. The third kappa shape index (κ3) is 1.22. The predicted octanol–water partition coefficient (Wildman–Crippen LogP) is 1.42. The van der Waals surface area contributed by atoms with E-state index in [1.807, 2.05) is 24.3 Å². The Morgan fingerprint density at radius 3 is 2.79 bits per heavy atom. The summed E-state index contributed by atoms with van der Waals surface area (Å²) in [5.41, 5.74) is 6.19. The summed E-state index contributed by atoms with van der Waals surface area (Å²) in [4.78, 5) is 12.0. The number of benzene rings is 1. The maximum Gasteiger partial charge on any atom is 0.319 e. The van der Waals surface area contributed by atoms with Crippen LogP contribution >= 0.6 is 11.8 Å². The minimum atomic E-state index is -0.851. The molecule has 0 bridgehead atoms. The third-order valence-corrected chi connectivity index (χ3v) is 4.02. The minimum Gasteiger partial charge on any atom is -0.480 e. The lowest BCUT2D eigenvalue weighted by atomic mass is 9.90. The van der Waals surface area contributed by atoms with Gasteiger partial charge in [-0.1, -0.05) is 18.2 Å². The molecule has 1 heterocycles. The van der Waals surface area contributed by atoms with Crippen LogP contribution in [0.3, 0.4) is 0 Å². The normalized spacial score (nSPS) is 30.0. The molecule has 1 aromatic carbocycles.